The summed E-state index contributed by atoms with van der Waals surface area (Å²) >= 11 is 6.46. The van der Waals surface area contributed by atoms with Gasteiger partial charge in [-0.25, -0.2) is 0 Å². The van der Waals surface area contributed by atoms with E-state index >= 15 is 0 Å². The number of halogens is 1. The quantitative estimate of drug-likeness (QED) is 0.603. The lowest BCUT2D eigenvalue weighted by molar-refractivity contribution is -0.198. The van der Waals surface area contributed by atoms with Gasteiger partial charge in [-0.15, -0.1) is 0 Å². The molecule has 0 radical (unpaired) electrons. The molecule has 2 aromatic rings. The summed E-state index contributed by atoms with van der Waals surface area (Å²) < 4.78 is 17.3. The highest BCUT2D eigenvalue weighted by molar-refractivity contribution is 6.31. The first-order chi connectivity index (χ1) is 15.0. The van der Waals surface area contributed by atoms with E-state index in [0.29, 0.717) is 24.5 Å². The molecule has 0 saturated carbocycles. The topological polar surface area (TPSA) is 88.4 Å². The third-order valence-electron chi connectivity index (χ3n) is 6.01. The van der Waals surface area contributed by atoms with Crippen LogP contribution in [-0.2, 0) is 15.9 Å². The van der Waals surface area contributed by atoms with Crippen molar-refractivity contribution < 1.29 is 29.5 Å². The Kier molecular flexibility index (Phi) is 7.16. The number of ether oxygens (including phenoxy) is 3. The zero-order valence-corrected chi connectivity index (χ0v) is 18.1. The standard InChI is InChI=1S/C24H29ClO6/c25-22-6-3-17(23-11-19(28)12-24(14-26,15-27)31-23)10-18(22)9-16-1-4-20(5-2-16)30-21-7-8-29-13-21/h1-6,10,19,21,23,26-28H,7-9,11-15H2/t19?,21-,23?/m0/s1. The van der Waals surface area contributed by atoms with Gasteiger partial charge in [0.15, 0.2) is 0 Å². The van der Waals surface area contributed by atoms with Crippen LogP contribution < -0.4 is 4.74 Å². The van der Waals surface area contributed by atoms with Crippen LogP contribution >= 0.6 is 11.6 Å². The molecule has 168 valence electrons. The summed E-state index contributed by atoms with van der Waals surface area (Å²) in [6.07, 6.45) is 1.19. The predicted octanol–water partition coefficient (Wildman–Crippen LogP) is 3.03. The molecule has 7 heteroatoms. The van der Waals surface area contributed by atoms with Crippen LogP contribution in [0.4, 0.5) is 0 Å². The van der Waals surface area contributed by atoms with Crippen molar-refractivity contribution >= 4 is 11.6 Å². The van der Waals surface area contributed by atoms with Gasteiger partial charge >= 0.3 is 0 Å². The fraction of sp³-hybridized carbons (Fsp3) is 0.500. The number of benzene rings is 2. The van der Waals surface area contributed by atoms with Gasteiger partial charge in [-0.1, -0.05) is 35.9 Å². The van der Waals surface area contributed by atoms with Crippen molar-refractivity contribution in [3.8, 4) is 5.75 Å². The van der Waals surface area contributed by atoms with Gasteiger partial charge < -0.3 is 29.5 Å². The molecule has 2 aliphatic rings. The Morgan fingerprint density at radius 3 is 2.55 bits per heavy atom. The summed E-state index contributed by atoms with van der Waals surface area (Å²) in [5.41, 5.74) is 1.77. The van der Waals surface area contributed by atoms with Crippen LogP contribution in [0.5, 0.6) is 5.75 Å². The second-order valence-electron chi connectivity index (χ2n) is 8.47. The van der Waals surface area contributed by atoms with E-state index in [1.165, 1.54) is 0 Å². The normalized spacial score (nSPS) is 25.5. The van der Waals surface area contributed by atoms with Crippen molar-refractivity contribution in [2.45, 2.75) is 49.6 Å². The van der Waals surface area contributed by atoms with Crippen molar-refractivity contribution in [2.24, 2.45) is 0 Å². The molecule has 2 aliphatic heterocycles. The molecule has 0 bridgehead atoms. The molecule has 0 spiro atoms. The van der Waals surface area contributed by atoms with Crippen molar-refractivity contribution in [2.75, 3.05) is 26.4 Å². The molecule has 0 aliphatic carbocycles. The third-order valence-corrected chi connectivity index (χ3v) is 6.38. The van der Waals surface area contributed by atoms with Crippen molar-refractivity contribution in [1.82, 2.24) is 0 Å². The van der Waals surface area contributed by atoms with E-state index in [-0.39, 0.29) is 25.7 Å². The minimum Gasteiger partial charge on any atom is -0.488 e. The van der Waals surface area contributed by atoms with Crippen molar-refractivity contribution in [1.29, 1.82) is 0 Å². The van der Waals surface area contributed by atoms with Gasteiger partial charge in [-0.3, -0.25) is 0 Å². The van der Waals surface area contributed by atoms with Crippen LogP contribution in [0.3, 0.4) is 0 Å². The molecular formula is C24H29ClO6. The summed E-state index contributed by atoms with van der Waals surface area (Å²) in [5, 5.41) is 30.3. The Morgan fingerprint density at radius 2 is 1.87 bits per heavy atom. The van der Waals surface area contributed by atoms with Crippen LogP contribution in [0.15, 0.2) is 42.5 Å². The summed E-state index contributed by atoms with van der Waals surface area (Å²) in [6, 6.07) is 13.6. The average Bonchev–Trinajstić information content (AvgIpc) is 3.29. The van der Waals surface area contributed by atoms with Crippen LogP contribution in [0.1, 0.15) is 42.1 Å². The molecule has 2 heterocycles. The number of aliphatic hydroxyl groups is 3. The Bertz CT molecular complexity index is 861. The van der Waals surface area contributed by atoms with E-state index in [9.17, 15) is 15.3 Å². The first-order valence-corrected chi connectivity index (χ1v) is 11.1. The molecule has 2 fully saturated rings. The highest BCUT2D eigenvalue weighted by Gasteiger charge is 2.41. The summed E-state index contributed by atoms with van der Waals surface area (Å²) in [5.74, 6) is 0.827. The minimum atomic E-state index is -1.14. The molecule has 3 N–H and O–H groups in total. The summed E-state index contributed by atoms with van der Waals surface area (Å²) in [7, 11) is 0. The fourth-order valence-electron chi connectivity index (χ4n) is 4.25. The monoisotopic (exact) mass is 448 g/mol. The van der Waals surface area contributed by atoms with E-state index < -0.39 is 17.8 Å². The van der Waals surface area contributed by atoms with Gasteiger partial charge in [-0.2, -0.15) is 0 Å². The van der Waals surface area contributed by atoms with E-state index in [2.05, 4.69) is 0 Å². The second kappa shape index (κ2) is 9.86. The lowest BCUT2D eigenvalue weighted by Gasteiger charge is -2.41. The van der Waals surface area contributed by atoms with Gasteiger partial charge in [0, 0.05) is 24.3 Å². The molecule has 2 saturated heterocycles. The van der Waals surface area contributed by atoms with Gasteiger partial charge in [0.2, 0.25) is 0 Å². The van der Waals surface area contributed by atoms with E-state index in [1.807, 2.05) is 42.5 Å². The number of aliphatic hydroxyl groups excluding tert-OH is 3. The SMILES string of the molecule is OCC1(CO)CC(O)CC(c2ccc(Cl)c(Cc3ccc(O[C@H]4CCOC4)cc3)c2)O1. The minimum absolute atomic E-state index is 0.118. The van der Waals surface area contributed by atoms with Crippen LogP contribution in [0.25, 0.3) is 0 Å². The molecular weight excluding hydrogens is 420 g/mol. The van der Waals surface area contributed by atoms with Gasteiger partial charge in [0.05, 0.1) is 38.6 Å². The van der Waals surface area contributed by atoms with Crippen LogP contribution in [0, 0.1) is 0 Å². The largest absolute Gasteiger partial charge is 0.488 e. The van der Waals surface area contributed by atoms with E-state index in [0.717, 1.165) is 35.5 Å². The predicted molar refractivity (Wildman–Crippen MR) is 117 cm³/mol. The molecule has 6 nitrogen and oxygen atoms in total. The smallest absolute Gasteiger partial charge is 0.124 e. The second-order valence-corrected chi connectivity index (χ2v) is 8.88. The zero-order chi connectivity index (χ0) is 21.8. The number of hydrogen-bond donors (Lipinski definition) is 3. The lowest BCUT2D eigenvalue weighted by atomic mass is 9.88. The maximum absolute atomic E-state index is 10.3. The summed E-state index contributed by atoms with van der Waals surface area (Å²) in [4.78, 5) is 0. The first kappa shape index (κ1) is 22.5. The number of rotatable bonds is 7. The fourth-order valence-corrected chi connectivity index (χ4v) is 4.43. The molecule has 2 unspecified atom stereocenters. The Morgan fingerprint density at radius 1 is 1.10 bits per heavy atom. The van der Waals surface area contributed by atoms with Gasteiger partial charge in [0.25, 0.3) is 0 Å². The molecule has 4 rings (SSSR count). The molecule has 31 heavy (non-hydrogen) atoms. The van der Waals surface area contributed by atoms with E-state index in [4.69, 9.17) is 25.8 Å². The van der Waals surface area contributed by atoms with E-state index in [1.54, 1.807) is 0 Å². The van der Waals surface area contributed by atoms with Crippen LogP contribution in [-0.4, -0.2) is 59.6 Å². The molecule has 0 aromatic heterocycles. The highest BCUT2D eigenvalue weighted by Crippen LogP contribution is 2.38. The highest BCUT2D eigenvalue weighted by atomic mass is 35.5. The van der Waals surface area contributed by atoms with Crippen molar-refractivity contribution in [3.05, 3.63) is 64.2 Å². The summed E-state index contributed by atoms with van der Waals surface area (Å²) in [6.45, 7) is 0.685. The zero-order valence-electron chi connectivity index (χ0n) is 17.4. The van der Waals surface area contributed by atoms with Crippen LogP contribution in [0.2, 0.25) is 5.02 Å². The first-order valence-electron chi connectivity index (χ1n) is 10.7. The van der Waals surface area contributed by atoms with Gasteiger partial charge in [-0.05, 0) is 41.3 Å². The van der Waals surface area contributed by atoms with Gasteiger partial charge in [0.1, 0.15) is 17.5 Å². The molecule has 2 aromatic carbocycles. The number of hydrogen-bond acceptors (Lipinski definition) is 6. The molecule has 3 atom stereocenters. The Labute approximate surface area is 187 Å². The maximum Gasteiger partial charge on any atom is 0.124 e. The maximum atomic E-state index is 10.3. The third kappa shape index (κ3) is 5.40. The molecule has 0 amide bonds. The Balaban J connectivity index is 1.47. The average molecular weight is 449 g/mol. The lowest BCUT2D eigenvalue weighted by Crippen LogP contribution is -2.48. The van der Waals surface area contributed by atoms with Crippen molar-refractivity contribution in [3.63, 3.8) is 0 Å². The Hall–Kier alpha value is -1.67.